The molecule has 0 radical (unpaired) electrons. The van der Waals surface area contributed by atoms with Crippen molar-refractivity contribution in [1.82, 2.24) is 14.9 Å². The average molecular weight is 385 g/mol. The van der Waals surface area contributed by atoms with Gasteiger partial charge in [0.15, 0.2) is 6.61 Å². The molecule has 3 rings (SSSR count). The van der Waals surface area contributed by atoms with E-state index in [0.717, 1.165) is 25.7 Å². The normalized spacial score (nSPS) is 19.4. The number of aryl methyl sites for hydroxylation is 1. The van der Waals surface area contributed by atoms with Crippen molar-refractivity contribution in [3.63, 3.8) is 0 Å². The first-order valence-corrected chi connectivity index (χ1v) is 9.83. The summed E-state index contributed by atoms with van der Waals surface area (Å²) in [5, 5.41) is 3.48. The van der Waals surface area contributed by atoms with Crippen LogP contribution < -0.4 is 10.9 Å². The zero-order chi connectivity index (χ0) is 20.1. The second kappa shape index (κ2) is 8.99. The van der Waals surface area contributed by atoms with E-state index in [1.54, 1.807) is 25.2 Å². The van der Waals surface area contributed by atoms with Gasteiger partial charge in [0.25, 0.3) is 11.5 Å². The molecule has 1 aromatic carbocycles. The largest absolute Gasteiger partial charge is 0.456 e. The number of esters is 1. The van der Waals surface area contributed by atoms with Crippen molar-refractivity contribution in [3.05, 3.63) is 40.4 Å². The highest BCUT2D eigenvalue weighted by Crippen LogP contribution is 2.23. The molecule has 7 heteroatoms. The van der Waals surface area contributed by atoms with E-state index in [9.17, 15) is 14.4 Å². The number of carbonyl (C=O) groups excluding carboxylic acids is 2. The van der Waals surface area contributed by atoms with Crippen LogP contribution in [0.3, 0.4) is 0 Å². The van der Waals surface area contributed by atoms with Crippen molar-refractivity contribution in [2.45, 2.75) is 51.5 Å². The maximum atomic E-state index is 12.4. The second-order valence-corrected chi connectivity index (χ2v) is 7.59. The van der Waals surface area contributed by atoms with E-state index in [-0.39, 0.29) is 37.0 Å². The summed E-state index contributed by atoms with van der Waals surface area (Å²) in [6, 6.07) is 7.29. The Morgan fingerprint density at radius 2 is 1.93 bits per heavy atom. The summed E-state index contributed by atoms with van der Waals surface area (Å²) in [4.78, 5) is 40.8. The van der Waals surface area contributed by atoms with Crippen LogP contribution >= 0.6 is 0 Å². The fourth-order valence-electron chi connectivity index (χ4n) is 3.59. The highest BCUT2D eigenvalue weighted by Gasteiger charge is 2.20. The van der Waals surface area contributed by atoms with Crippen molar-refractivity contribution in [2.24, 2.45) is 13.0 Å². The molecule has 150 valence electrons. The van der Waals surface area contributed by atoms with Crippen LogP contribution in [0.1, 0.15) is 44.9 Å². The standard InChI is InChI=1S/C21H27N3O4/c1-14-7-9-15(10-8-14)22-19(25)13-28-20(26)12-11-18-23-17-6-4-3-5-16(17)21(27)24(18)2/h3-6,14-15H,7-13H2,1-2H3,(H,22,25). The summed E-state index contributed by atoms with van der Waals surface area (Å²) in [7, 11) is 1.64. The van der Waals surface area contributed by atoms with E-state index < -0.39 is 5.97 Å². The molecule has 1 amide bonds. The van der Waals surface area contributed by atoms with Gasteiger partial charge in [-0.3, -0.25) is 19.0 Å². The number of hydrogen-bond donors (Lipinski definition) is 1. The van der Waals surface area contributed by atoms with Crippen LogP contribution in [0, 0.1) is 5.92 Å². The molecule has 28 heavy (non-hydrogen) atoms. The van der Waals surface area contributed by atoms with Gasteiger partial charge in [-0.25, -0.2) is 4.98 Å². The maximum absolute atomic E-state index is 12.4. The third kappa shape index (κ3) is 4.97. The zero-order valence-corrected chi connectivity index (χ0v) is 16.4. The number of rotatable bonds is 6. The highest BCUT2D eigenvalue weighted by atomic mass is 16.5. The van der Waals surface area contributed by atoms with Gasteiger partial charge < -0.3 is 10.1 Å². The SMILES string of the molecule is CC1CCC(NC(=O)COC(=O)CCc2nc3ccccc3c(=O)n2C)CC1. The molecule has 1 fully saturated rings. The highest BCUT2D eigenvalue weighted by molar-refractivity contribution is 5.81. The number of benzene rings is 1. The Hall–Kier alpha value is -2.70. The van der Waals surface area contributed by atoms with Crippen molar-refractivity contribution in [2.75, 3.05) is 6.61 Å². The Morgan fingerprint density at radius 1 is 1.21 bits per heavy atom. The molecule has 0 aliphatic heterocycles. The quantitative estimate of drug-likeness (QED) is 0.769. The van der Waals surface area contributed by atoms with Gasteiger partial charge >= 0.3 is 5.97 Å². The van der Waals surface area contributed by atoms with E-state index in [1.807, 2.05) is 6.07 Å². The van der Waals surface area contributed by atoms with Crippen molar-refractivity contribution < 1.29 is 14.3 Å². The van der Waals surface area contributed by atoms with Crippen LogP contribution in [0.5, 0.6) is 0 Å². The molecule has 1 saturated carbocycles. The van der Waals surface area contributed by atoms with Crippen molar-refractivity contribution in [3.8, 4) is 0 Å². The average Bonchev–Trinajstić information content (AvgIpc) is 2.70. The Bertz CT molecular complexity index is 913. The number of para-hydroxylation sites is 1. The number of hydrogen-bond acceptors (Lipinski definition) is 5. The molecule has 0 spiro atoms. The fraction of sp³-hybridized carbons (Fsp3) is 0.524. The molecule has 1 aliphatic carbocycles. The Morgan fingerprint density at radius 3 is 2.68 bits per heavy atom. The van der Waals surface area contributed by atoms with Gasteiger partial charge in [0.05, 0.1) is 17.3 Å². The predicted octanol–water partition coefficient (Wildman–Crippen LogP) is 2.10. The van der Waals surface area contributed by atoms with E-state index in [1.165, 1.54) is 4.57 Å². The van der Waals surface area contributed by atoms with Gasteiger partial charge in [-0.15, -0.1) is 0 Å². The number of amides is 1. The summed E-state index contributed by atoms with van der Waals surface area (Å²) in [6.45, 7) is 1.95. The van der Waals surface area contributed by atoms with Crippen LogP contribution in [-0.4, -0.2) is 34.1 Å². The zero-order valence-electron chi connectivity index (χ0n) is 16.4. The van der Waals surface area contributed by atoms with Gasteiger partial charge in [0.2, 0.25) is 0 Å². The van der Waals surface area contributed by atoms with Gasteiger partial charge in [-0.2, -0.15) is 0 Å². The Balaban J connectivity index is 1.48. The molecule has 0 atom stereocenters. The predicted molar refractivity (Wildman–Crippen MR) is 106 cm³/mol. The molecule has 1 aliphatic rings. The van der Waals surface area contributed by atoms with Crippen LogP contribution in [0.4, 0.5) is 0 Å². The molecule has 1 aromatic heterocycles. The number of carbonyl (C=O) groups is 2. The Kier molecular flexibility index (Phi) is 6.44. The van der Waals surface area contributed by atoms with Crippen molar-refractivity contribution in [1.29, 1.82) is 0 Å². The lowest BCUT2D eigenvalue weighted by Gasteiger charge is -2.26. The topological polar surface area (TPSA) is 90.3 Å². The molecule has 2 aromatic rings. The Labute approximate surface area is 164 Å². The van der Waals surface area contributed by atoms with Crippen molar-refractivity contribution >= 4 is 22.8 Å². The van der Waals surface area contributed by atoms with E-state index in [4.69, 9.17) is 4.74 Å². The van der Waals surface area contributed by atoms with Crippen LogP contribution in [-0.2, 0) is 27.8 Å². The second-order valence-electron chi connectivity index (χ2n) is 7.59. The lowest BCUT2D eigenvalue weighted by molar-refractivity contribution is -0.148. The third-order valence-electron chi connectivity index (χ3n) is 5.37. The molecular weight excluding hydrogens is 358 g/mol. The van der Waals surface area contributed by atoms with Crippen LogP contribution in [0.15, 0.2) is 29.1 Å². The first-order chi connectivity index (χ1) is 13.4. The first kappa shape index (κ1) is 20.0. The minimum absolute atomic E-state index is 0.0623. The smallest absolute Gasteiger partial charge is 0.306 e. The molecular formula is C21H27N3O4. The van der Waals surface area contributed by atoms with Gasteiger partial charge in [-0.1, -0.05) is 19.1 Å². The van der Waals surface area contributed by atoms with Gasteiger partial charge in [0.1, 0.15) is 5.82 Å². The summed E-state index contributed by atoms with van der Waals surface area (Å²) in [5.41, 5.74) is 0.463. The minimum Gasteiger partial charge on any atom is -0.456 e. The van der Waals surface area contributed by atoms with E-state index in [2.05, 4.69) is 17.2 Å². The van der Waals surface area contributed by atoms with E-state index >= 15 is 0 Å². The molecule has 0 saturated heterocycles. The summed E-state index contributed by atoms with van der Waals surface area (Å²) >= 11 is 0. The molecule has 1 N–H and O–H groups in total. The number of aromatic nitrogens is 2. The van der Waals surface area contributed by atoms with Gasteiger partial charge in [-0.05, 0) is 43.7 Å². The number of nitrogens with zero attached hydrogens (tertiary/aromatic N) is 2. The fourth-order valence-corrected chi connectivity index (χ4v) is 3.59. The monoisotopic (exact) mass is 385 g/mol. The molecule has 1 heterocycles. The minimum atomic E-state index is -0.477. The lowest BCUT2D eigenvalue weighted by Crippen LogP contribution is -2.39. The number of fused-ring (bicyclic) bond motifs is 1. The van der Waals surface area contributed by atoms with Gasteiger partial charge in [0, 0.05) is 19.5 Å². The summed E-state index contributed by atoms with van der Waals surface area (Å²) in [5.74, 6) is 0.492. The lowest BCUT2D eigenvalue weighted by atomic mass is 9.87. The maximum Gasteiger partial charge on any atom is 0.306 e. The molecule has 7 nitrogen and oxygen atoms in total. The number of ether oxygens (including phenoxy) is 1. The summed E-state index contributed by atoms with van der Waals surface area (Å²) in [6.07, 6.45) is 4.51. The van der Waals surface area contributed by atoms with Crippen LogP contribution in [0.25, 0.3) is 10.9 Å². The molecule has 0 unspecified atom stereocenters. The molecule has 0 bridgehead atoms. The van der Waals surface area contributed by atoms with E-state index in [0.29, 0.717) is 22.6 Å². The first-order valence-electron chi connectivity index (χ1n) is 9.83. The summed E-state index contributed by atoms with van der Waals surface area (Å²) < 4.78 is 6.53. The third-order valence-corrected chi connectivity index (χ3v) is 5.37. The van der Waals surface area contributed by atoms with Crippen LogP contribution in [0.2, 0.25) is 0 Å². The number of nitrogens with one attached hydrogen (secondary N) is 1.